The number of halogens is 1. The zero-order valence-electron chi connectivity index (χ0n) is 15.8. The summed E-state index contributed by atoms with van der Waals surface area (Å²) in [7, 11) is 0. The van der Waals surface area contributed by atoms with E-state index in [2.05, 4.69) is 18.7 Å². The SMILES string of the molecule is CCCCN1C(=O)C(c2ccc(F)cc2)=C(N2CC(C)CC(C)C2)C1=O. The molecule has 0 spiro atoms. The minimum Gasteiger partial charge on any atom is -0.366 e. The predicted molar refractivity (Wildman–Crippen MR) is 99.5 cm³/mol. The zero-order chi connectivity index (χ0) is 18.8. The number of rotatable bonds is 5. The van der Waals surface area contributed by atoms with Crippen LogP contribution < -0.4 is 0 Å². The Kier molecular flexibility index (Phi) is 5.44. The molecular weight excluding hydrogens is 331 g/mol. The predicted octanol–water partition coefficient (Wildman–Crippen LogP) is 3.68. The summed E-state index contributed by atoms with van der Waals surface area (Å²) in [6.07, 6.45) is 2.82. The van der Waals surface area contributed by atoms with Crippen LogP contribution in [-0.2, 0) is 9.59 Å². The molecule has 1 aromatic rings. The van der Waals surface area contributed by atoms with E-state index in [1.807, 2.05) is 6.92 Å². The van der Waals surface area contributed by atoms with E-state index >= 15 is 0 Å². The summed E-state index contributed by atoms with van der Waals surface area (Å²) in [5.41, 5.74) is 1.54. The largest absolute Gasteiger partial charge is 0.366 e. The quantitative estimate of drug-likeness (QED) is 0.754. The van der Waals surface area contributed by atoms with Gasteiger partial charge in [-0.05, 0) is 42.4 Å². The van der Waals surface area contributed by atoms with Gasteiger partial charge in [0.1, 0.15) is 11.5 Å². The molecule has 1 aromatic carbocycles. The third kappa shape index (κ3) is 3.53. The molecule has 26 heavy (non-hydrogen) atoms. The van der Waals surface area contributed by atoms with Crippen LogP contribution >= 0.6 is 0 Å². The van der Waals surface area contributed by atoms with Gasteiger partial charge in [0.2, 0.25) is 0 Å². The summed E-state index contributed by atoms with van der Waals surface area (Å²) < 4.78 is 13.4. The second-order valence-electron chi connectivity index (χ2n) is 7.70. The number of unbranched alkanes of at least 4 members (excludes halogenated alkanes) is 1. The lowest BCUT2D eigenvalue weighted by Crippen LogP contribution is -2.42. The number of hydrogen-bond donors (Lipinski definition) is 0. The molecule has 2 aliphatic rings. The molecule has 2 aliphatic heterocycles. The van der Waals surface area contributed by atoms with Crippen molar-refractivity contribution in [2.24, 2.45) is 11.8 Å². The normalized spacial score (nSPS) is 24.0. The first-order valence-corrected chi connectivity index (χ1v) is 9.53. The van der Waals surface area contributed by atoms with Crippen molar-refractivity contribution in [1.29, 1.82) is 0 Å². The van der Waals surface area contributed by atoms with Crippen molar-refractivity contribution in [3.8, 4) is 0 Å². The van der Waals surface area contributed by atoms with Crippen LogP contribution in [0.25, 0.3) is 5.57 Å². The molecule has 3 rings (SSSR count). The average molecular weight is 358 g/mol. The van der Waals surface area contributed by atoms with Crippen molar-refractivity contribution >= 4 is 17.4 Å². The second-order valence-corrected chi connectivity index (χ2v) is 7.70. The average Bonchev–Trinajstić information content (AvgIpc) is 2.83. The summed E-state index contributed by atoms with van der Waals surface area (Å²) in [6, 6.07) is 5.87. The summed E-state index contributed by atoms with van der Waals surface area (Å²) in [5, 5.41) is 0. The lowest BCUT2D eigenvalue weighted by Gasteiger charge is -2.37. The highest BCUT2D eigenvalue weighted by atomic mass is 19.1. The van der Waals surface area contributed by atoms with Gasteiger partial charge in [-0.25, -0.2) is 4.39 Å². The van der Waals surface area contributed by atoms with Gasteiger partial charge in [-0.2, -0.15) is 0 Å². The highest BCUT2D eigenvalue weighted by Crippen LogP contribution is 2.35. The Labute approximate surface area is 154 Å². The molecule has 140 valence electrons. The fraction of sp³-hybridized carbons (Fsp3) is 0.524. The topological polar surface area (TPSA) is 40.6 Å². The smallest absolute Gasteiger partial charge is 0.277 e. The van der Waals surface area contributed by atoms with Crippen molar-refractivity contribution < 1.29 is 14.0 Å². The number of piperidine rings is 1. The third-order valence-electron chi connectivity index (χ3n) is 5.20. The Balaban J connectivity index is 2.04. The number of carbonyl (C=O) groups is 2. The summed E-state index contributed by atoms with van der Waals surface area (Å²) >= 11 is 0. The molecule has 5 heteroatoms. The van der Waals surface area contributed by atoms with E-state index in [0.717, 1.165) is 32.4 Å². The molecule has 0 radical (unpaired) electrons. The fourth-order valence-corrected chi connectivity index (χ4v) is 4.10. The van der Waals surface area contributed by atoms with Crippen LogP contribution in [0.15, 0.2) is 30.0 Å². The lowest BCUT2D eigenvalue weighted by atomic mass is 9.91. The Morgan fingerprint density at radius 3 is 2.23 bits per heavy atom. The van der Waals surface area contributed by atoms with Crippen LogP contribution in [0, 0.1) is 17.7 Å². The summed E-state index contributed by atoms with van der Waals surface area (Å²) in [4.78, 5) is 29.6. The van der Waals surface area contributed by atoms with Crippen molar-refractivity contribution in [3.63, 3.8) is 0 Å². The van der Waals surface area contributed by atoms with E-state index in [4.69, 9.17) is 0 Å². The second kappa shape index (κ2) is 7.60. The first-order chi connectivity index (χ1) is 12.4. The Bertz CT molecular complexity index is 716. The van der Waals surface area contributed by atoms with Crippen molar-refractivity contribution in [2.45, 2.75) is 40.0 Å². The molecule has 1 saturated heterocycles. The zero-order valence-corrected chi connectivity index (χ0v) is 15.8. The molecule has 0 saturated carbocycles. The molecular formula is C21H27FN2O2. The van der Waals surface area contributed by atoms with Gasteiger partial charge >= 0.3 is 0 Å². The standard InChI is InChI=1S/C21H27FN2O2/c1-4-5-10-24-20(25)18(16-6-8-17(22)9-7-16)19(21(24)26)23-12-14(2)11-15(3)13-23/h6-9,14-15H,4-5,10-13H2,1-3H3. The molecule has 2 heterocycles. The Hall–Kier alpha value is -2.17. The third-order valence-corrected chi connectivity index (χ3v) is 5.20. The first-order valence-electron chi connectivity index (χ1n) is 9.53. The van der Waals surface area contributed by atoms with Gasteiger partial charge in [-0.3, -0.25) is 14.5 Å². The van der Waals surface area contributed by atoms with E-state index in [-0.39, 0.29) is 17.6 Å². The molecule has 2 amide bonds. The van der Waals surface area contributed by atoms with E-state index in [9.17, 15) is 14.0 Å². The van der Waals surface area contributed by atoms with Crippen LogP contribution in [0.4, 0.5) is 4.39 Å². The monoisotopic (exact) mass is 358 g/mol. The highest BCUT2D eigenvalue weighted by molar-refractivity contribution is 6.35. The van der Waals surface area contributed by atoms with Gasteiger partial charge in [-0.15, -0.1) is 0 Å². The van der Waals surface area contributed by atoms with Gasteiger partial charge < -0.3 is 4.90 Å². The highest BCUT2D eigenvalue weighted by Gasteiger charge is 2.42. The molecule has 0 bridgehead atoms. The number of nitrogens with zero attached hydrogens (tertiary/aromatic N) is 2. The van der Waals surface area contributed by atoms with Gasteiger partial charge in [0.25, 0.3) is 11.8 Å². The van der Waals surface area contributed by atoms with Gasteiger partial charge in [0, 0.05) is 19.6 Å². The van der Waals surface area contributed by atoms with Crippen LogP contribution in [0.1, 0.15) is 45.6 Å². The molecule has 1 fully saturated rings. The molecule has 2 atom stereocenters. The van der Waals surface area contributed by atoms with Crippen LogP contribution in [0.3, 0.4) is 0 Å². The van der Waals surface area contributed by atoms with E-state index in [1.54, 1.807) is 12.1 Å². The van der Waals surface area contributed by atoms with Gasteiger partial charge in [0.15, 0.2) is 0 Å². The van der Waals surface area contributed by atoms with E-state index < -0.39 is 0 Å². The molecule has 0 aliphatic carbocycles. The Morgan fingerprint density at radius 2 is 1.65 bits per heavy atom. The number of hydrogen-bond acceptors (Lipinski definition) is 3. The number of amides is 2. The van der Waals surface area contributed by atoms with Crippen molar-refractivity contribution in [2.75, 3.05) is 19.6 Å². The maximum atomic E-state index is 13.4. The number of carbonyl (C=O) groups excluding carboxylic acids is 2. The van der Waals surface area contributed by atoms with Gasteiger partial charge in [-0.1, -0.05) is 39.3 Å². The van der Waals surface area contributed by atoms with Crippen molar-refractivity contribution in [1.82, 2.24) is 9.80 Å². The lowest BCUT2D eigenvalue weighted by molar-refractivity contribution is -0.137. The number of benzene rings is 1. The summed E-state index contributed by atoms with van der Waals surface area (Å²) in [6.45, 7) is 8.36. The van der Waals surface area contributed by atoms with Gasteiger partial charge in [0.05, 0.1) is 5.57 Å². The molecule has 4 nitrogen and oxygen atoms in total. The fourth-order valence-electron chi connectivity index (χ4n) is 4.10. The Morgan fingerprint density at radius 1 is 1.04 bits per heavy atom. The van der Waals surface area contributed by atoms with E-state index in [0.29, 0.717) is 35.2 Å². The summed E-state index contributed by atoms with van der Waals surface area (Å²) in [5.74, 6) is 0.123. The number of imide groups is 1. The van der Waals surface area contributed by atoms with Crippen LogP contribution in [0.2, 0.25) is 0 Å². The minimum absolute atomic E-state index is 0.205. The molecule has 2 unspecified atom stereocenters. The van der Waals surface area contributed by atoms with Crippen molar-refractivity contribution in [3.05, 3.63) is 41.3 Å². The van der Waals surface area contributed by atoms with Crippen LogP contribution in [-0.4, -0.2) is 41.2 Å². The molecule has 0 aromatic heterocycles. The van der Waals surface area contributed by atoms with Crippen LogP contribution in [0.5, 0.6) is 0 Å². The maximum absolute atomic E-state index is 13.4. The maximum Gasteiger partial charge on any atom is 0.277 e. The first kappa shape index (κ1) is 18.6. The van der Waals surface area contributed by atoms with E-state index in [1.165, 1.54) is 17.0 Å². The minimum atomic E-state index is -0.351. The molecule has 0 N–H and O–H groups in total. The number of likely N-dealkylation sites (tertiary alicyclic amines) is 1.